The van der Waals surface area contributed by atoms with Crippen LogP contribution in [-0.4, -0.2) is 49.0 Å². The minimum Gasteiger partial charge on any atom is -0.379 e. The van der Waals surface area contributed by atoms with E-state index in [0.717, 1.165) is 11.5 Å². The zero-order chi connectivity index (χ0) is 18.0. The Morgan fingerprint density at radius 1 is 1.16 bits per heavy atom. The molecular weight excluding hydrogens is 381 g/mol. The average molecular weight is 394 g/mol. The second-order valence-corrected chi connectivity index (χ2v) is 7.61. The smallest absolute Gasteiger partial charge is 0.266 e. The molecule has 25 heavy (non-hydrogen) atoms. The Hall–Kier alpha value is -1.76. The predicted molar refractivity (Wildman–Crippen MR) is 83.1 cm³/mol. The fourth-order valence-corrected chi connectivity index (χ4v) is 4.07. The summed E-state index contributed by atoms with van der Waals surface area (Å²) < 4.78 is 75.4. The maximum Gasteiger partial charge on any atom is 0.266 e. The first-order chi connectivity index (χ1) is 11.8. The van der Waals surface area contributed by atoms with Gasteiger partial charge in [-0.25, -0.2) is 26.6 Å². The maximum atomic E-state index is 13.7. The highest BCUT2D eigenvalue weighted by Gasteiger charge is 2.24. The van der Waals surface area contributed by atoms with E-state index in [4.69, 9.17) is 4.74 Å². The minimum absolute atomic E-state index is 0.0904. The van der Waals surface area contributed by atoms with Gasteiger partial charge in [0.2, 0.25) is 5.13 Å². The monoisotopic (exact) mass is 394 g/mol. The lowest BCUT2D eigenvalue weighted by atomic mass is 10.3. The van der Waals surface area contributed by atoms with E-state index < -0.39 is 32.4 Å². The van der Waals surface area contributed by atoms with E-state index in [9.17, 15) is 21.6 Å². The van der Waals surface area contributed by atoms with Gasteiger partial charge in [0.15, 0.2) is 17.5 Å². The van der Waals surface area contributed by atoms with Crippen molar-refractivity contribution in [1.29, 1.82) is 0 Å². The molecule has 1 fully saturated rings. The maximum absolute atomic E-state index is 13.7. The van der Waals surface area contributed by atoms with Crippen LogP contribution in [0.1, 0.15) is 5.82 Å². The van der Waals surface area contributed by atoms with Crippen molar-refractivity contribution in [1.82, 2.24) is 14.3 Å². The molecule has 1 aliphatic heterocycles. The third-order valence-electron chi connectivity index (χ3n) is 3.42. The number of morpholine rings is 1. The van der Waals surface area contributed by atoms with Crippen molar-refractivity contribution < 1.29 is 26.3 Å². The zero-order valence-electron chi connectivity index (χ0n) is 12.7. The molecule has 3 rings (SSSR count). The molecule has 0 amide bonds. The molecule has 0 radical (unpaired) electrons. The van der Waals surface area contributed by atoms with Crippen LogP contribution < -0.4 is 4.72 Å². The van der Waals surface area contributed by atoms with E-state index in [0.29, 0.717) is 38.7 Å². The van der Waals surface area contributed by atoms with Gasteiger partial charge in [-0.1, -0.05) is 0 Å². The first-order valence-electron chi connectivity index (χ1n) is 7.15. The van der Waals surface area contributed by atoms with Gasteiger partial charge in [-0.15, -0.1) is 0 Å². The third-order valence-corrected chi connectivity index (χ3v) is 5.57. The fraction of sp³-hybridized carbons (Fsp3) is 0.385. The van der Waals surface area contributed by atoms with Crippen LogP contribution in [0.2, 0.25) is 0 Å². The topological polar surface area (TPSA) is 84.4 Å². The first-order valence-corrected chi connectivity index (χ1v) is 9.41. The number of nitrogens with one attached hydrogen (secondary N) is 1. The van der Waals surface area contributed by atoms with Gasteiger partial charge in [-0.3, -0.25) is 9.62 Å². The Labute approximate surface area is 145 Å². The summed E-state index contributed by atoms with van der Waals surface area (Å²) in [6.07, 6.45) is 0. The van der Waals surface area contributed by atoms with Crippen molar-refractivity contribution in [3.05, 3.63) is 35.4 Å². The second kappa shape index (κ2) is 7.23. The van der Waals surface area contributed by atoms with Crippen molar-refractivity contribution in [3.63, 3.8) is 0 Å². The van der Waals surface area contributed by atoms with Crippen LogP contribution in [0.3, 0.4) is 0 Å². The van der Waals surface area contributed by atoms with Gasteiger partial charge >= 0.3 is 0 Å². The lowest BCUT2D eigenvalue weighted by Crippen LogP contribution is -2.35. The van der Waals surface area contributed by atoms with E-state index in [1.807, 2.05) is 9.62 Å². The van der Waals surface area contributed by atoms with Crippen molar-refractivity contribution in [3.8, 4) is 0 Å². The summed E-state index contributed by atoms with van der Waals surface area (Å²) in [6, 6.07) is 0.455. The number of anilines is 1. The number of rotatable bonds is 5. The van der Waals surface area contributed by atoms with Crippen LogP contribution in [0.4, 0.5) is 18.3 Å². The number of sulfonamides is 1. The van der Waals surface area contributed by atoms with Crippen molar-refractivity contribution >= 4 is 26.7 Å². The molecule has 0 atom stereocenters. The van der Waals surface area contributed by atoms with Crippen LogP contribution >= 0.6 is 11.5 Å². The number of hydrogen-bond acceptors (Lipinski definition) is 7. The Kier molecular flexibility index (Phi) is 5.22. The summed E-state index contributed by atoms with van der Waals surface area (Å²) in [7, 11) is -4.46. The molecule has 0 bridgehead atoms. The molecule has 1 aromatic carbocycles. The van der Waals surface area contributed by atoms with Crippen LogP contribution in [0.15, 0.2) is 17.0 Å². The third kappa shape index (κ3) is 4.26. The fourth-order valence-electron chi connectivity index (χ4n) is 2.20. The Morgan fingerprint density at radius 2 is 1.84 bits per heavy atom. The predicted octanol–water partition coefficient (Wildman–Crippen LogP) is 1.59. The van der Waals surface area contributed by atoms with Crippen LogP contribution in [0, 0.1) is 17.5 Å². The molecule has 0 saturated carbocycles. The molecule has 1 aromatic heterocycles. The number of aromatic nitrogens is 2. The van der Waals surface area contributed by atoms with Gasteiger partial charge in [0.05, 0.1) is 19.8 Å². The molecule has 0 spiro atoms. The lowest BCUT2D eigenvalue weighted by molar-refractivity contribution is 0.0332. The molecule has 1 N–H and O–H groups in total. The van der Waals surface area contributed by atoms with Gasteiger partial charge < -0.3 is 4.74 Å². The van der Waals surface area contributed by atoms with Crippen molar-refractivity contribution in [2.75, 3.05) is 31.0 Å². The molecule has 1 saturated heterocycles. The summed E-state index contributed by atoms with van der Waals surface area (Å²) >= 11 is 0.773. The van der Waals surface area contributed by atoms with E-state index in [1.54, 1.807) is 0 Å². The van der Waals surface area contributed by atoms with Gasteiger partial charge in [0, 0.05) is 36.8 Å². The highest BCUT2D eigenvalue weighted by Crippen LogP contribution is 2.22. The molecule has 2 heterocycles. The highest BCUT2D eigenvalue weighted by molar-refractivity contribution is 7.93. The number of ether oxygens (including phenoxy) is 1. The standard InChI is InChI=1S/C13H13F3N4O3S2/c14-8-5-10(16)11(6-9(8)15)25(21,22)19-13-17-12(18-24-13)7-20-1-3-23-4-2-20/h5-6H,1-4,7H2,(H,17,18,19). The highest BCUT2D eigenvalue weighted by atomic mass is 32.2. The molecule has 1 aliphatic rings. The van der Waals surface area contributed by atoms with Crippen LogP contribution in [0.25, 0.3) is 0 Å². The molecule has 7 nitrogen and oxygen atoms in total. The SMILES string of the molecule is O=S(=O)(Nc1nc(CN2CCOCC2)ns1)c1cc(F)c(F)cc1F. The summed E-state index contributed by atoms with van der Waals surface area (Å²) in [6.45, 7) is 3.03. The molecule has 0 unspecified atom stereocenters. The van der Waals surface area contributed by atoms with E-state index in [1.165, 1.54) is 0 Å². The van der Waals surface area contributed by atoms with E-state index in [-0.39, 0.29) is 17.3 Å². The summed E-state index contributed by atoms with van der Waals surface area (Å²) in [5, 5.41) is -0.0904. The summed E-state index contributed by atoms with van der Waals surface area (Å²) in [5.74, 6) is -3.94. The molecule has 2 aromatic rings. The molecule has 0 aliphatic carbocycles. The minimum atomic E-state index is -4.46. The van der Waals surface area contributed by atoms with Crippen LogP contribution in [-0.2, 0) is 21.3 Å². The van der Waals surface area contributed by atoms with E-state index in [2.05, 4.69) is 9.36 Å². The zero-order valence-corrected chi connectivity index (χ0v) is 14.3. The lowest BCUT2D eigenvalue weighted by Gasteiger charge is -2.25. The van der Waals surface area contributed by atoms with Gasteiger partial charge in [-0.05, 0) is 0 Å². The molecule has 12 heteroatoms. The van der Waals surface area contributed by atoms with Gasteiger partial charge in [0.25, 0.3) is 10.0 Å². The molecule has 136 valence electrons. The summed E-state index contributed by atoms with van der Waals surface area (Å²) in [4.78, 5) is 5.07. The number of benzene rings is 1. The largest absolute Gasteiger partial charge is 0.379 e. The van der Waals surface area contributed by atoms with Crippen molar-refractivity contribution in [2.45, 2.75) is 11.4 Å². The first kappa shape index (κ1) is 18.0. The van der Waals surface area contributed by atoms with Crippen molar-refractivity contribution in [2.24, 2.45) is 0 Å². The average Bonchev–Trinajstić information content (AvgIpc) is 2.98. The van der Waals surface area contributed by atoms with Crippen LogP contribution in [0.5, 0.6) is 0 Å². The number of hydrogen-bond donors (Lipinski definition) is 1. The van der Waals surface area contributed by atoms with Gasteiger partial charge in [0.1, 0.15) is 10.7 Å². The number of nitrogens with zero attached hydrogens (tertiary/aromatic N) is 3. The quantitative estimate of drug-likeness (QED) is 0.776. The number of halogens is 3. The Bertz CT molecular complexity index is 869. The second-order valence-electron chi connectivity index (χ2n) is 5.21. The Morgan fingerprint density at radius 3 is 2.56 bits per heavy atom. The normalized spacial score (nSPS) is 16.1. The molecular formula is C13H13F3N4O3S2. The van der Waals surface area contributed by atoms with Gasteiger partial charge in [-0.2, -0.15) is 4.37 Å². The van der Waals surface area contributed by atoms with E-state index >= 15 is 0 Å². The Balaban J connectivity index is 1.74. The summed E-state index contributed by atoms with van der Waals surface area (Å²) in [5.41, 5.74) is 0.